The minimum Gasteiger partial charge on any atom is -0.396 e. The molecule has 2 nitrogen and oxygen atoms in total. The van der Waals surface area contributed by atoms with Crippen LogP contribution < -0.4 is 0 Å². The number of aryl methyl sites for hydroxylation is 1. The minimum absolute atomic E-state index is 0.0237. The molecule has 0 aliphatic rings. The topological polar surface area (TPSA) is 37.3 Å². The standard InChI is InChI=1S/C11H12F2O2/c1-7-4-5-8(11(13)10(7)12)9(15)3-2-6-14/h4-5,14H,2-3,6H2,1H3. The molecule has 82 valence electrons. The highest BCUT2D eigenvalue weighted by Gasteiger charge is 2.16. The van der Waals surface area contributed by atoms with Crippen LogP contribution >= 0.6 is 0 Å². The lowest BCUT2D eigenvalue weighted by Gasteiger charge is -2.04. The van der Waals surface area contributed by atoms with Crippen LogP contribution in [0, 0.1) is 18.6 Å². The molecule has 4 heteroatoms. The number of hydrogen-bond acceptors (Lipinski definition) is 2. The quantitative estimate of drug-likeness (QED) is 0.780. The van der Waals surface area contributed by atoms with E-state index in [0.717, 1.165) is 0 Å². The Morgan fingerprint density at radius 1 is 1.33 bits per heavy atom. The second-order valence-corrected chi connectivity index (χ2v) is 3.31. The summed E-state index contributed by atoms with van der Waals surface area (Å²) in [4.78, 5) is 11.4. The zero-order valence-corrected chi connectivity index (χ0v) is 8.39. The summed E-state index contributed by atoms with van der Waals surface area (Å²) in [6.07, 6.45) is 0.281. The van der Waals surface area contributed by atoms with Gasteiger partial charge in [0.25, 0.3) is 0 Å². The molecule has 1 aromatic carbocycles. The lowest BCUT2D eigenvalue weighted by atomic mass is 10.0. The van der Waals surface area contributed by atoms with Gasteiger partial charge in [0, 0.05) is 13.0 Å². The lowest BCUT2D eigenvalue weighted by molar-refractivity contribution is 0.0966. The van der Waals surface area contributed by atoms with Gasteiger partial charge in [-0.3, -0.25) is 4.79 Å². The molecule has 0 unspecified atom stereocenters. The number of ketones is 1. The molecule has 0 atom stereocenters. The van der Waals surface area contributed by atoms with E-state index in [1.807, 2.05) is 0 Å². The molecule has 0 spiro atoms. The van der Waals surface area contributed by atoms with Crippen molar-refractivity contribution in [1.29, 1.82) is 0 Å². The van der Waals surface area contributed by atoms with Crippen LogP contribution in [-0.4, -0.2) is 17.5 Å². The predicted octanol–water partition coefficient (Wildman–Crippen LogP) is 2.23. The summed E-state index contributed by atoms with van der Waals surface area (Å²) in [6, 6.07) is 2.64. The van der Waals surface area contributed by atoms with Gasteiger partial charge in [-0.2, -0.15) is 0 Å². The van der Waals surface area contributed by atoms with Gasteiger partial charge in [0.15, 0.2) is 17.4 Å². The van der Waals surface area contributed by atoms with Crippen molar-refractivity contribution >= 4 is 5.78 Å². The summed E-state index contributed by atoms with van der Waals surface area (Å²) >= 11 is 0. The van der Waals surface area contributed by atoms with Crippen LogP contribution in [0.15, 0.2) is 12.1 Å². The number of aliphatic hydroxyl groups excluding tert-OH is 1. The summed E-state index contributed by atoms with van der Waals surface area (Å²) < 4.78 is 26.4. The summed E-state index contributed by atoms with van der Waals surface area (Å²) in [5.74, 6) is -2.57. The van der Waals surface area contributed by atoms with Crippen LogP contribution in [0.2, 0.25) is 0 Å². The molecule has 0 fully saturated rings. The van der Waals surface area contributed by atoms with Crippen LogP contribution in [0.4, 0.5) is 8.78 Å². The Hall–Kier alpha value is -1.29. The van der Waals surface area contributed by atoms with Crippen LogP contribution in [0.5, 0.6) is 0 Å². The van der Waals surface area contributed by atoms with Crippen molar-refractivity contribution < 1.29 is 18.7 Å². The highest BCUT2D eigenvalue weighted by molar-refractivity contribution is 5.96. The maximum absolute atomic E-state index is 13.3. The van der Waals surface area contributed by atoms with E-state index in [1.54, 1.807) is 0 Å². The third-order valence-corrected chi connectivity index (χ3v) is 2.14. The van der Waals surface area contributed by atoms with Gasteiger partial charge in [0.05, 0.1) is 5.56 Å². The van der Waals surface area contributed by atoms with Crippen LogP contribution in [-0.2, 0) is 0 Å². The van der Waals surface area contributed by atoms with Crippen molar-refractivity contribution in [1.82, 2.24) is 0 Å². The SMILES string of the molecule is Cc1ccc(C(=O)CCCO)c(F)c1F. The van der Waals surface area contributed by atoms with Gasteiger partial charge in [-0.05, 0) is 25.0 Å². The number of aliphatic hydroxyl groups is 1. The number of halogens is 2. The fourth-order valence-electron chi connectivity index (χ4n) is 1.24. The highest BCUT2D eigenvalue weighted by atomic mass is 19.2. The van der Waals surface area contributed by atoms with Crippen molar-refractivity contribution in [2.24, 2.45) is 0 Å². The third kappa shape index (κ3) is 2.59. The molecule has 1 rings (SSSR count). The average molecular weight is 214 g/mol. The van der Waals surface area contributed by atoms with Crippen LogP contribution in [0.1, 0.15) is 28.8 Å². The summed E-state index contributed by atoms with van der Waals surface area (Å²) in [7, 11) is 0. The largest absolute Gasteiger partial charge is 0.396 e. The Balaban J connectivity index is 2.95. The monoisotopic (exact) mass is 214 g/mol. The smallest absolute Gasteiger partial charge is 0.169 e. The van der Waals surface area contributed by atoms with Gasteiger partial charge in [0.1, 0.15) is 0 Å². The van der Waals surface area contributed by atoms with Crippen molar-refractivity contribution in [3.8, 4) is 0 Å². The van der Waals surface area contributed by atoms with E-state index < -0.39 is 17.4 Å². The number of Topliss-reactive ketones (excluding diaryl/α,β-unsaturated/α-hetero) is 1. The Kier molecular flexibility index (Phi) is 3.91. The van der Waals surface area contributed by atoms with Crippen molar-refractivity contribution in [3.05, 3.63) is 34.9 Å². The third-order valence-electron chi connectivity index (χ3n) is 2.14. The molecule has 0 aromatic heterocycles. The molecule has 1 aromatic rings. The second kappa shape index (κ2) is 4.98. The zero-order valence-electron chi connectivity index (χ0n) is 8.39. The molecule has 0 bridgehead atoms. The first-order valence-corrected chi connectivity index (χ1v) is 4.66. The summed E-state index contributed by atoms with van der Waals surface area (Å²) in [5, 5.41) is 8.51. The Morgan fingerprint density at radius 3 is 2.60 bits per heavy atom. The van der Waals surface area contributed by atoms with E-state index in [-0.39, 0.29) is 30.6 Å². The van der Waals surface area contributed by atoms with Gasteiger partial charge >= 0.3 is 0 Å². The number of carbonyl (C=O) groups excluding carboxylic acids is 1. The normalized spacial score (nSPS) is 10.4. The van der Waals surface area contributed by atoms with Gasteiger partial charge in [0.2, 0.25) is 0 Å². The molecule has 0 aliphatic heterocycles. The fourth-order valence-corrected chi connectivity index (χ4v) is 1.24. The van der Waals surface area contributed by atoms with E-state index in [1.165, 1.54) is 19.1 Å². The first kappa shape index (κ1) is 11.8. The molecule has 0 radical (unpaired) electrons. The molecule has 0 amide bonds. The molecule has 15 heavy (non-hydrogen) atoms. The molecule has 0 saturated heterocycles. The first-order valence-electron chi connectivity index (χ1n) is 4.66. The average Bonchev–Trinajstić information content (AvgIpc) is 2.23. The summed E-state index contributed by atoms with van der Waals surface area (Å²) in [5.41, 5.74) is -0.0715. The van der Waals surface area contributed by atoms with E-state index in [0.29, 0.717) is 0 Å². The van der Waals surface area contributed by atoms with Crippen LogP contribution in [0.25, 0.3) is 0 Å². The fraction of sp³-hybridized carbons (Fsp3) is 0.364. The Bertz CT molecular complexity index is 375. The Morgan fingerprint density at radius 2 is 2.00 bits per heavy atom. The number of carbonyl (C=O) groups is 1. The van der Waals surface area contributed by atoms with Crippen molar-refractivity contribution in [2.75, 3.05) is 6.61 Å². The van der Waals surface area contributed by atoms with Gasteiger partial charge in [-0.15, -0.1) is 0 Å². The van der Waals surface area contributed by atoms with Gasteiger partial charge < -0.3 is 5.11 Å². The highest BCUT2D eigenvalue weighted by Crippen LogP contribution is 2.17. The summed E-state index contributed by atoms with van der Waals surface area (Å²) in [6.45, 7) is 1.29. The molecule has 1 N–H and O–H groups in total. The molecule has 0 heterocycles. The molecular formula is C11H12F2O2. The second-order valence-electron chi connectivity index (χ2n) is 3.31. The lowest BCUT2D eigenvalue weighted by Crippen LogP contribution is -2.06. The van der Waals surface area contributed by atoms with E-state index in [4.69, 9.17) is 5.11 Å². The van der Waals surface area contributed by atoms with Gasteiger partial charge in [-0.25, -0.2) is 8.78 Å². The Labute approximate surface area is 86.5 Å². The minimum atomic E-state index is -1.10. The zero-order chi connectivity index (χ0) is 11.4. The maximum Gasteiger partial charge on any atom is 0.169 e. The maximum atomic E-state index is 13.3. The molecule has 0 saturated carbocycles. The van der Waals surface area contributed by atoms with E-state index >= 15 is 0 Å². The number of benzene rings is 1. The first-order chi connectivity index (χ1) is 7.07. The van der Waals surface area contributed by atoms with E-state index in [9.17, 15) is 13.6 Å². The number of hydrogen-bond donors (Lipinski definition) is 1. The van der Waals surface area contributed by atoms with Crippen molar-refractivity contribution in [3.63, 3.8) is 0 Å². The predicted molar refractivity (Wildman–Crippen MR) is 51.7 cm³/mol. The van der Waals surface area contributed by atoms with E-state index in [2.05, 4.69) is 0 Å². The van der Waals surface area contributed by atoms with Crippen LogP contribution in [0.3, 0.4) is 0 Å². The van der Waals surface area contributed by atoms with Crippen molar-refractivity contribution in [2.45, 2.75) is 19.8 Å². The molecule has 0 aliphatic carbocycles. The molecular weight excluding hydrogens is 202 g/mol. The van der Waals surface area contributed by atoms with Gasteiger partial charge in [-0.1, -0.05) is 6.07 Å². The number of rotatable bonds is 4.